The molecule has 0 N–H and O–H groups in total. The van der Waals surface area contributed by atoms with Crippen molar-refractivity contribution in [3.63, 3.8) is 0 Å². The van der Waals surface area contributed by atoms with Crippen LogP contribution in [0.2, 0.25) is 0 Å². The summed E-state index contributed by atoms with van der Waals surface area (Å²) in [5.74, 6) is 0.831. The molecule has 0 saturated heterocycles. The Kier molecular flexibility index (Phi) is 27.2. The van der Waals surface area contributed by atoms with Crippen LogP contribution >= 0.6 is 46.0 Å². The second kappa shape index (κ2) is 38.7. The quantitative estimate of drug-likeness (QED) is 0.0339. The van der Waals surface area contributed by atoms with Crippen molar-refractivity contribution in [2.24, 2.45) is 27.1 Å². The van der Waals surface area contributed by atoms with E-state index < -0.39 is 46.0 Å². The van der Waals surface area contributed by atoms with E-state index in [-0.39, 0.29) is 69.0 Å². The maximum atomic E-state index is 7.96. The molecule has 0 radical (unpaired) electrons. The van der Waals surface area contributed by atoms with Crippen LogP contribution in [0.5, 0.6) is 69.0 Å². The number of rotatable bonds is 36. The van der Waals surface area contributed by atoms with Gasteiger partial charge in [-0.05, 0) is 143 Å². The standard InChI is InChI=1S/C96H84N6O12P6/c1-13-73-49-61-85(62-50-73)103-115(109-91-43-31-25-37-79(91)19-7)97-116(104-86-63-51-74(14-2)52-64-86,110-92-44-32-26-38-80(92)20-8)99-118(106-88-67-55-76(16-4)56-68-88,112-94-46-34-28-40-82(94)22-10)101-120(108-90-71-59-78(18-6)60-72-90,114-96-48-36-30-42-84(96)24-12)102-119(107-89-69-57-77(17-5)58-70-89,113-95-47-35-29-41-83(95)23-11)100-117(98-115,105-87-65-53-75(15-3)54-66-87)111-93-45-33-27-39-81(93)21-9/h13-72H,1-12H2. The first-order valence-corrected chi connectivity index (χ1v) is 46.5. The fraction of sp³-hybridized carbons (Fsp3) is 0. The molecular formula is C96H84N6O12P6. The van der Waals surface area contributed by atoms with Crippen molar-refractivity contribution in [3.05, 3.63) is 437 Å². The van der Waals surface area contributed by atoms with Crippen LogP contribution in [0.25, 0.3) is 72.9 Å². The fourth-order valence-electron chi connectivity index (χ4n) is 11.5. The molecule has 0 bridgehead atoms. The van der Waals surface area contributed by atoms with E-state index >= 15 is 0 Å². The van der Waals surface area contributed by atoms with Gasteiger partial charge in [-0.25, -0.2) is 0 Å². The minimum absolute atomic E-state index is 0.0685. The Bertz CT molecular complexity index is 5270. The molecule has 0 fully saturated rings. The van der Waals surface area contributed by atoms with E-state index in [9.17, 15) is 0 Å². The molecule has 0 aliphatic carbocycles. The molecule has 24 heteroatoms. The minimum atomic E-state index is -5.47. The molecular weight excluding hydrogens is 1610 g/mol. The van der Waals surface area contributed by atoms with Crippen molar-refractivity contribution < 1.29 is 54.3 Å². The number of para-hydroxylation sites is 6. The van der Waals surface area contributed by atoms with E-state index in [1.54, 1.807) is 328 Å². The molecule has 600 valence electrons. The summed E-state index contributed by atoms with van der Waals surface area (Å²) in [6, 6.07) is 83.9. The molecule has 18 nitrogen and oxygen atoms in total. The molecule has 1 aliphatic heterocycles. The molecule has 13 rings (SSSR count). The van der Waals surface area contributed by atoms with Crippen molar-refractivity contribution in [1.29, 1.82) is 0 Å². The lowest BCUT2D eigenvalue weighted by Crippen LogP contribution is -2.11. The average molecular weight is 1700 g/mol. The van der Waals surface area contributed by atoms with Crippen LogP contribution < -0.4 is 54.3 Å². The van der Waals surface area contributed by atoms with Gasteiger partial charge in [-0.2, -0.15) is 0 Å². The van der Waals surface area contributed by atoms with Crippen LogP contribution in [0.4, 0.5) is 0 Å². The summed E-state index contributed by atoms with van der Waals surface area (Å²) >= 11 is 0. The monoisotopic (exact) mass is 1700 g/mol. The summed E-state index contributed by atoms with van der Waals surface area (Å²) in [7, 11) is -32.8. The van der Waals surface area contributed by atoms with Crippen molar-refractivity contribution >= 4 is 119 Å². The lowest BCUT2D eigenvalue weighted by Gasteiger charge is -2.33. The first-order chi connectivity index (χ1) is 58.5. The van der Waals surface area contributed by atoms with Crippen LogP contribution in [0, 0.1) is 0 Å². The molecule has 0 amide bonds. The zero-order valence-corrected chi connectivity index (χ0v) is 70.8. The summed E-state index contributed by atoms with van der Waals surface area (Å²) in [5, 5.41) is 0. The Morgan fingerprint density at radius 3 is 0.392 bits per heavy atom. The van der Waals surface area contributed by atoms with Gasteiger partial charge in [0.2, 0.25) is 0 Å². The second-order valence-corrected chi connectivity index (χ2v) is 38.0. The van der Waals surface area contributed by atoms with Crippen LogP contribution in [0.15, 0.2) is 397 Å². The average Bonchev–Trinajstić information content (AvgIpc) is 0.725. The van der Waals surface area contributed by atoms with Gasteiger partial charge < -0.3 is 54.3 Å². The maximum Gasteiger partial charge on any atom is 0.460 e. The smallest absolute Gasteiger partial charge is 0.413 e. The molecule has 0 atom stereocenters. The second-order valence-electron chi connectivity index (χ2n) is 25.7. The Hall–Kier alpha value is -13.5. The lowest BCUT2D eigenvalue weighted by molar-refractivity contribution is 0.445. The summed E-state index contributed by atoms with van der Waals surface area (Å²) < 4.78 is 132. The summed E-state index contributed by atoms with van der Waals surface area (Å²) in [5.41, 5.74) is 6.61. The molecule has 0 spiro atoms. The van der Waals surface area contributed by atoms with Gasteiger partial charge in [0.25, 0.3) is 0 Å². The number of hydrogen-bond acceptors (Lipinski definition) is 18. The summed E-state index contributed by atoms with van der Waals surface area (Å²) in [4.78, 5) is 0. The topological polar surface area (TPSA) is 185 Å². The Morgan fingerprint density at radius 2 is 0.275 bits per heavy atom. The van der Waals surface area contributed by atoms with Gasteiger partial charge in [-0.1, -0.05) is 361 Å². The Labute approximate surface area is 701 Å². The summed E-state index contributed by atoms with van der Waals surface area (Å²) in [6.07, 6.45) is 19.7. The van der Waals surface area contributed by atoms with Gasteiger partial charge in [0.15, 0.2) is 0 Å². The van der Waals surface area contributed by atoms with E-state index in [4.69, 9.17) is 81.4 Å². The first kappa shape index (κ1) is 84.4. The molecule has 0 aromatic heterocycles. The number of nitrogens with zero attached hydrogens (tertiary/aromatic N) is 6. The largest absolute Gasteiger partial charge is 0.460 e. The highest BCUT2D eigenvalue weighted by molar-refractivity contribution is 7.80. The van der Waals surface area contributed by atoms with Crippen LogP contribution in [-0.2, 0) is 0 Å². The Morgan fingerprint density at radius 1 is 0.150 bits per heavy atom. The van der Waals surface area contributed by atoms with Crippen molar-refractivity contribution in [1.82, 2.24) is 0 Å². The maximum absolute atomic E-state index is 7.96. The van der Waals surface area contributed by atoms with Gasteiger partial charge in [0.1, 0.15) is 69.0 Å². The predicted molar refractivity (Wildman–Crippen MR) is 502 cm³/mol. The van der Waals surface area contributed by atoms with E-state index in [1.165, 1.54) is 0 Å². The lowest BCUT2D eigenvalue weighted by atomic mass is 10.2. The third kappa shape index (κ3) is 20.7. The van der Waals surface area contributed by atoms with Crippen molar-refractivity contribution in [2.75, 3.05) is 0 Å². The number of hydrogen-bond donors (Lipinski definition) is 0. The molecule has 1 aliphatic rings. The number of benzene rings is 12. The van der Waals surface area contributed by atoms with E-state index in [0.29, 0.717) is 66.8 Å². The third-order valence-electron chi connectivity index (χ3n) is 17.5. The van der Waals surface area contributed by atoms with E-state index in [0.717, 1.165) is 0 Å². The van der Waals surface area contributed by atoms with E-state index in [2.05, 4.69) is 78.9 Å². The van der Waals surface area contributed by atoms with Crippen molar-refractivity contribution in [3.8, 4) is 69.0 Å². The third-order valence-corrected chi connectivity index (χ3v) is 33.7. The van der Waals surface area contributed by atoms with Crippen LogP contribution in [-0.4, -0.2) is 0 Å². The van der Waals surface area contributed by atoms with Crippen LogP contribution in [0.3, 0.4) is 0 Å². The fourth-order valence-corrected chi connectivity index (χ4v) is 29.8. The normalized spacial score (nSPS) is 19.0. The molecule has 1 heterocycles. The molecule has 120 heavy (non-hydrogen) atoms. The highest BCUT2D eigenvalue weighted by Crippen LogP contribution is 2.81. The highest BCUT2D eigenvalue weighted by Gasteiger charge is 2.51. The van der Waals surface area contributed by atoms with Crippen molar-refractivity contribution in [2.45, 2.75) is 0 Å². The van der Waals surface area contributed by atoms with Gasteiger partial charge in [0.05, 0.1) is 0 Å². The zero-order valence-electron chi connectivity index (χ0n) is 65.4. The minimum Gasteiger partial charge on any atom is -0.413 e. The molecule has 0 saturated carbocycles. The molecule has 12 aromatic rings. The highest BCUT2D eigenvalue weighted by atomic mass is 31.3. The predicted octanol–water partition coefficient (Wildman–Crippen LogP) is 32.3. The van der Waals surface area contributed by atoms with Gasteiger partial charge >= 0.3 is 46.0 Å². The zero-order chi connectivity index (χ0) is 84.0. The van der Waals surface area contributed by atoms with E-state index in [1.807, 2.05) is 36.4 Å². The first-order valence-electron chi connectivity index (χ1n) is 37.3. The summed E-state index contributed by atoms with van der Waals surface area (Å²) in [6.45, 7) is 50.6. The van der Waals surface area contributed by atoms with Gasteiger partial charge in [-0.15, -0.1) is 0 Å². The van der Waals surface area contributed by atoms with Gasteiger partial charge in [0, 0.05) is 33.4 Å². The molecule has 0 unspecified atom stereocenters. The van der Waals surface area contributed by atoms with Gasteiger partial charge in [-0.3, -0.25) is 0 Å². The Balaban J connectivity index is 1.46. The van der Waals surface area contributed by atoms with Crippen LogP contribution in [0.1, 0.15) is 66.8 Å². The SMILES string of the molecule is C=Cc1ccc(OP2(Oc3ccccc3C=C)=NP(Oc3ccc(C=C)cc3)(Oc3ccccc3C=C)=NP(Oc3ccc(C=C)cc3)(Oc3ccccc3C=C)=NP(Oc3ccc(C=C)cc3)(Oc3ccccc3C=C)=NP(Oc3ccc(C=C)cc3)(Oc3ccccc3C=C)=NP(Oc3ccc(C=C)cc3)(Oc3ccccc3C=C)=N2)cc1. The molecule has 12 aromatic carbocycles.